The van der Waals surface area contributed by atoms with E-state index in [1.165, 1.54) is 11.1 Å². The minimum atomic E-state index is -0.280. The number of benzene rings is 2. The van der Waals surface area contributed by atoms with Gasteiger partial charge in [-0.15, -0.1) is 0 Å². The lowest BCUT2D eigenvalue weighted by Crippen LogP contribution is -2.30. The van der Waals surface area contributed by atoms with Gasteiger partial charge in [0.25, 0.3) is 0 Å². The molecule has 0 fully saturated rings. The van der Waals surface area contributed by atoms with Crippen LogP contribution in [0.15, 0.2) is 53.7 Å². The maximum Gasteiger partial charge on any atom is 0.169 e. The molecule has 0 aromatic heterocycles. The van der Waals surface area contributed by atoms with Gasteiger partial charge in [-0.05, 0) is 65.0 Å². The fourth-order valence-corrected chi connectivity index (χ4v) is 3.85. The van der Waals surface area contributed by atoms with Gasteiger partial charge < -0.3 is 9.57 Å². The molecule has 0 radical (unpaired) electrons. The molecule has 112 valence electrons. The fourth-order valence-electron chi connectivity index (χ4n) is 3.32. The predicted molar refractivity (Wildman–Crippen MR) is 89.6 cm³/mol. The van der Waals surface area contributed by atoms with Crippen molar-refractivity contribution in [2.75, 3.05) is 0 Å². The zero-order valence-electron chi connectivity index (χ0n) is 12.1. The molecule has 0 unspecified atom stereocenters. The van der Waals surface area contributed by atoms with E-state index in [2.05, 4.69) is 33.2 Å². The van der Waals surface area contributed by atoms with E-state index in [9.17, 15) is 0 Å². The first-order valence-corrected chi connectivity index (χ1v) is 8.31. The highest BCUT2D eigenvalue weighted by Crippen LogP contribution is 2.46. The molecule has 0 saturated carbocycles. The molecule has 2 aromatic carbocycles. The molecule has 1 atom stereocenters. The largest absolute Gasteiger partial charge is 0.457 e. The van der Waals surface area contributed by atoms with Gasteiger partial charge in [0.15, 0.2) is 5.60 Å². The van der Waals surface area contributed by atoms with Gasteiger partial charge in [-0.25, -0.2) is 0 Å². The van der Waals surface area contributed by atoms with Gasteiger partial charge in [-0.1, -0.05) is 29.4 Å². The Kier molecular flexibility index (Phi) is 3.41. The number of hydrogen-bond donors (Lipinski definition) is 0. The Morgan fingerprint density at radius 3 is 2.73 bits per heavy atom. The number of para-hydroxylation sites is 1. The van der Waals surface area contributed by atoms with E-state index in [0.717, 1.165) is 41.8 Å². The van der Waals surface area contributed by atoms with Crippen molar-refractivity contribution in [3.8, 4) is 11.5 Å². The van der Waals surface area contributed by atoms with Crippen LogP contribution in [0.25, 0.3) is 0 Å². The van der Waals surface area contributed by atoms with Crippen LogP contribution < -0.4 is 4.74 Å². The Hall–Kier alpha value is -1.81. The number of nitrogens with zero attached hydrogens (tertiary/aromatic N) is 1. The summed E-state index contributed by atoms with van der Waals surface area (Å²) in [4.78, 5) is 5.78. The summed E-state index contributed by atoms with van der Waals surface area (Å²) in [6.45, 7) is 0. The standard InChI is InChI=1S/C18H16BrNO2/c19-17-12-18(22-20-17)10-4-5-13-11-15(8-9-16(13)18)21-14-6-2-1-3-7-14/h1-3,6-9,11H,4-5,10,12H2/t18-/m1/s1. The maximum atomic E-state index is 5.94. The molecule has 1 heterocycles. The van der Waals surface area contributed by atoms with Crippen molar-refractivity contribution >= 4 is 20.6 Å². The molecule has 4 rings (SSSR count). The third-order valence-electron chi connectivity index (χ3n) is 4.32. The van der Waals surface area contributed by atoms with Crippen LogP contribution in [0.1, 0.15) is 30.4 Å². The van der Waals surface area contributed by atoms with Crippen molar-refractivity contribution in [3.63, 3.8) is 0 Å². The molecule has 0 amide bonds. The van der Waals surface area contributed by atoms with Gasteiger partial charge in [0.05, 0.1) is 0 Å². The first kappa shape index (κ1) is 13.8. The van der Waals surface area contributed by atoms with Crippen molar-refractivity contribution < 1.29 is 9.57 Å². The Balaban J connectivity index is 1.64. The molecule has 0 N–H and O–H groups in total. The topological polar surface area (TPSA) is 30.8 Å². The third kappa shape index (κ3) is 2.41. The lowest BCUT2D eigenvalue weighted by Gasteiger charge is -2.33. The first-order valence-electron chi connectivity index (χ1n) is 7.52. The van der Waals surface area contributed by atoms with E-state index < -0.39 is 0 Å². The number of fused-ring (bicyclic) bond motifs is 2. The zero-order valence-corrected chi connectivity index (χ0v) is 13.7. The minimum Gasteiger partial charge on any atom is -0.457 e. The molecule has 3 nitrogen and oxygen atoms in total. The summed E-state index contributed by atoms with van der Waals surface area (Å²) in [6.07, 6.45) is 4.00. The summed E-state index contributed by atoms with van der Waals surface area (Å²) in [5.41, 5.74) is 2.27. The molecule has 0 saturated heterocycles. The number of oxime groups is 1. The average molecular weight is 358 g/mol. The monoisotopic (exact) mass is 357 g/mol. The van der Waals surface area contributed by atoms with Crippen LogP contribution in [0.2, 0.25) is 0 Å². The molecular formula is C18H16BrNO2. The molecule has 1 aliphatic heterocycles. The van der Waals surface area contributed by atoms with Crippen LogP contribution in [0.4, 0.5) is 0 Å². The molecule has 22 heavy (non-hydrogen) atoms. The van der Waals surface area contributed by atoms with Crippen molar-refractivity contribution in [3.05, 3.63) is 59.7 Å². The SMILES string of the molecule is BrC1=NO[C@]2(CCCc3cc(Oc4ccccc4)ccc32)C1. The Labute approximate surface area is 138 Å². The highest BCUT2D eigenvalue weighted by molar-refractivity contribution is 9.18. The van der Waals surface area contributed by atoms with E-state index in [1.807, 2.05) is 36.4 Å². The quantitative estimate of drug-likeness (QED) is 0.744. The van der Waals surface area contributed by atoms with E-state index in [-0.39, 0.29) is 5.60 Å². The smallest absolute Gasteiger partial charge is 0.169 e. The Bertz CT molecular complexity index is 729. The van der Waals surface area contributed by atoms with E-state index in [1.54, 1.807) is 0 Å². The molecule has 0 bridgehead atoms. The van der Waals surface area contributed by atoms with Crippen LogP contribution in [-0.2, 0) is 16.9 Å². The van der Waals surface area contributed by atoms with E-state index in [4.69, 9.17) is 9.57 Å². The van der Waals surface area contributed by atoms with Gasteiger partial charge in [0.2, 0.25) is 0 Å². The summed E-state index contributed by atoms with van der Waals surface area (Å²) in [6, 6.07) is 16.2. The molecule has 2 aliphatic rings. The number of aryl methyl sites for hydroxylation is 1. The van der Waals surface area contributed by atoms with Gasteiger partial charge >= 0.3 is 0 Å². The zero-order chi connectivity index (χ0) is 15.0. The van der Waals surface area contributed by atoms with Gasteiger partial charge in [0, 0.05) is 12.0 Å². The van der Waals surface area contributed by atoms with Crippen LogP contribution in [-0.4, -0.2) is 4.62 Å². The van der Waals surface area contributed by atoms with Gasteiger partial charge in [-0.3, -0.25) is 0 Å². The highest BCUT2D eigenvalue weighted by Gasteiger charge is 2.43. The highest BCUT2D eigenvalue weighted by atomic mass is 79.9. The molecule has 4 heteroatoms. The summed E-state index contributed by atoms with van der Waals surface area (Å²) in [5.74, 6) is 1.73. The molecule has 2 aromatic rings. The number of hydrogen-bond acceptors (Lipinski definition) is 3. The second-order valence-corrected chi connectivity index (χ2v) is 6.73. The Morgan fingerprint density at radius 2 is 1.95 bits per heavy atom. The average Bonchev–Trinajstić information content (AvgIpc) is 2.90. The van der Waals surface area contributed by atoms with Crippen molar-refractivity contribution in [1.82, 2.24) is 0 Å². The normalized spacial score (nSPS) is 22.9. The van der Waals surface area contributed by atoms with Crippen molar-refractivity contribution in [1.29, 1.82) is 0 Å². The first-order chi connectivity index (χ1) is 10.8. The third-order valence-corrected chi connectivity index (χ3v) is 4.75. The van der Waals surface area contributed by atoms with Crippen molar-refractivity contribution in [2.24, 2.45) is 5.16 Å². The summed E-state index contributed by atoms with van der Waals surface area (Å²) >= 11 is 3.46. The summed E-state index contributed by atoms with van der Waals surface area (Å²) in [7, 11) is 0. The molecule has 1 aliphatic carbocycles. The second kappa shape index (κ2) is 5.43. The Morgan fingerprint density at radius 1 is 1.09 bits per heavy atom. The van der Waals surface area contributed by atoms with Crippen LogP contribution in [0.5, 0.6) is 11.5 Å². The molecule has 1 spiro atoms. The lowest BCUT2D eigenvalue weighted by molar-refractivity contribution is -0.0363. The number of rotatable bonds is 2. The van der Waals surface area contributed by atoms with E-state index >= 15 is 0 Å². The predicted octanol–water partition coefficient (Wildman–Crippen LogP) is 5.14. The van der Waals surface area contributed by atoms with Crippen LogP contribution in [0, 0.1) is 0 Å². The van der Waals surface area contributed by atoms with Crippen LogP contribution >= 0.6 is 15.9 Å². The fraction of sp³-hybridized carbons (Fsp3) is 0.278. The number of ether oxygens (including phenoxy) is 1. The van der Waals surface area contributed by atoms with Gasteiger partial charge in [-0.2, -0.15) is 0 Å². The lowest BCUT2D eigenvalue weighted by atomic mass is 9.77. The summed E-state index contributed by atoms with van der Waals surface area (Å²) < 4.78 is 6.83. The summed E-state index contributed by atoms with van der Waals surface area (Å²) in [5, 5.41) is 4.10. The van der Waals surface area contributed by atoms with Gasteiger partial charge in [0.1, 0.15) is 16.1 Å². The minimum absolute atomic E-state index is 0.280. The van der Waals surface area contributed by atoms with E-state index in [0.29, 0.717) is 0 Å². The van der Waals surface area contributed by atoms with Crippen molar-refractivity contribution in [2.45, 2.75) is 31.3 Å². The van der Waals surface area contributed by atoms with Crippen LogP contribution in [0.3, 0.4) is 0 Å². The maximum absolute atomic E-state index is 5.94. The number of halogens is 1. The second-order valence-electron chi connectivity index (χ2n) is 5.82. The molecular weight excluding hydrogens is 342 g/mol.